The molecule has 0 radical (unpaired) electrons. The summed E-state index contributed by atoms with van der Waals surface area (Å²) < 4.78 is 36.8. The Bertz CT molecular complexity index is 1660. The second-order valence-electron chi connectivity index (χ2n) is 16.1. The molecule has 1 unspecified atom stereocenters. The van der Waals surface area contributed by atoms with Gasteiger partial charge in [0.05, 0.1) is 22.8 Å². The summed E-state index contributed by atoms with van der Waals surface area (Å²) in [6.07, 6.45) is 5.58. The maximum Gasteiger partial charge on any atom is 0.264 e. The summed E-state index contributed by atoms with van der Waals surface area (Å²) in [6.45, 7) is 15.6. The summed E-state index contributed by atoms with van der Waals surface area (Å²) in [5.74, 6) is 1.46. The van der Waals surface area contributed by atoms with Crippen molar-refractivity contribution in [2.24, 2.45) is 28.6 Å². The fourth-order valence-electron chi connectivity index (χ4n) is 9.00. The molecular weight excluding hydrogens is 582 g/mol. The van der Waals surface area contributed by atoms with Crippen LogP contribution < -0.4 is 9.46 Å². The van der Waals surface area contributed by atoms with Crippen molar-refractivity contribution < 1.29 is 18.3 Å². The first-order chi connectivity index (χ1) is 21.0. The Hall–Kier alpha value is -2.97. The minimum absolute atomic E-state index is 0.000136. The monoisotopic (exact) mass is 631 g/mol. The molecule has 3 aliphatic rings. The van der Waals surface area contributed by atoms with Crippen molar-refractivity contribution in [3.05, 3.63) is 65.2 Å². The lowest BCUT2D eigenvalue weighted by atomic mass is 9.43. The van der Waals surface area contributed by atoms with Crippen molar-refractivity contribution in [3.8, 4) is 17.1 Å². The third-order valence-corrected chi connectivity index (χ3v) is 11.5. The summed E-state index contributed by atoms with van der Waals surface area (Å²) in [5.41, 5.74) is 4.38. The minimum atomic E-state index is -3.96. The minimum Gasteiger partial charge on any atom is -0.477 e. The van der Waals surface area contributed by atoms with Crippen LogP contribution in [0.25, 0.3) is 11.3 Å². The number of nitrogens with one attached hydrogen (secondary N) is 1. The van der Waals surface area contributed by atoms with Crippen LogP contribution >= 0.6 is 0 Å². The Labute approximate surface area is 269 Å². The molecule has 2 heterocycles. The van der Waals surface area contributed by atoms with Crippen LogP contribution in [0.3, 0.4) is 0 Å². The molecule has 2 fully saturated rings. The van der Waals surface area contributed by atoms with E-state index in [-0.39, 0.29) is 33.5 Å². The number of hydrogen-bond acceptors (Lipinski definition) is 6. The number of ether oxygens (including phenoxy) is 1. The van der Waals surface area contributed by atoms with E-state index < -0.39 is 15.6 Å². The summed E-state index contributed by atoms with van der Waals surface area (Å²) in [4.78, 5) is 9.43. The Balaban J connectivity index is 1.39. The number of aliphatic hydroxyl groups is 1. The molecule has 2 atom stereocenters. The SMILES string of the molecule is Cc1cccc(C)c1-c1cc2nc(n1)NS(=O)(=O)c1cccc(c1)C([C@H]1CC3(C1)C[C@](O)(CC(C)C)C3)[C@H](CC(C)(C)C)CO2. The van der Waals surface area contributed by atoms with Gasteiger partial charge in [0.25, 0.3) is 10.0 Å². The van der Waals surface area contributed by atoms with Crippen molar-refractivity contribution >= 4 is 16.0 Å². The number of fused-ring (bicyclic) bond motifs is 4. The Morgan fingerprint density at radius 2 is 1.69 bits per heavy atom. The molecule has 1 aromatic heterocycles. The molecule has 8 heteroatoms. The number of benzene rings is 2. The van der Waals surface area contributed by atoms with Crippen molar-refractivity contribution in [2.45, 2.75) is 103 Å². The van der Waals surface area contributed by atoms with Gasteiger partial charge in [-0.15, -0.1) is 0 Å². The van der Waals surface area contributed by atoms with Crippen molar-refractivity contribution in [3.63, 3.8) is 0 Å². The Morgan fingerprint density at radius 3 is 2.33 bits per heavy atom. The van der Waals surface area contributed by atoms with E-state index in [4.69, 9.17) is 4.74 Å². The summed E-state index contributed by atoms with van der Waals surface area (Å²) in [7, 11) is -3.96. The number of rotatable bonds is 5. The van der Waals surface area contributed by atoms with E-state index >= 15 is 0 Å². The van der Waals surface area contributed by atoms with Gasteiger partial charge in [-0.1, -0.05) is 65.0 Å². The molecular formula is C37H49N3O4S. The highest BCUT2D eigenvalue weighted by atomic mass is 32.2. The molecule has 1 aliphatic heterocycles. The van der Waals surface area contributed by atoms with Gasteiger partial charge in [-0.3, -0.25) is 0 Å². The molecule has 0 amide bonds. The van der Waals surface area contributed by atoms with E-state index in [2.05, 4.69) is 55.4 Å². The molecule has 1 spiro atoms. The highest BCUT2D eigenvalue weighted by Crippen LogP contribution is 2.67. The van der Waals surface area contributed by atoms with Crippen LogP contribution in [0.4, 0.5) is 5.95 Å². The molecule has 242 valence electrons. The second-order valence-corrected chi connectivity index (χ2v) is 17.7. The first kappa shape index (κ1) is 32.0. The topological polar surface area (TPSA) is 101 Å². The van der Waals surface area contributed by atoms with Crippen molar-refractivity contribution in [1.82, 2.24) is 9.97 Å². The first-order valence-electron chi connectivity index (χ1n) is 16.5. The maximum absolute atomic E-state index is 13.8. The molecule has 3 aromatic rings. The summed E-state index contributed by atoms with van der Waals surface area (Å²) in [5, 5.41) is 11.2. The lowest BCUT2D eigenvalue weighted by Gasteiger charge is -2.64. The van der Waals surface area contributed by atoms with Crippen LogP contribution in [-0.2, 0) is 10.0 Å². The molecule has 2 aliphatic carbocycles. The third kappa shape index (κ3) is 6.64. The van der Waals surface area contributed by atoms with Gasteiger partial charge in [-0.2, -0.15) is 4.98 Å². The van der Waals surface area contributed by atoms with Crippen LogP contribution in [0.15, 0.2) is 53.4 Å². The average molecular weight is 632 g/mol. The molecule has 45 heavy (non-hydrogen) atoms. The fourth-order valence-corrected chi connectivity index (χ4v) is 10.00. The number of sulfonamides is 1. The summed E-state index contributed by atoms with van der Waals surface area (Å²) in [6, 6.07) is 15.3. The zero-order valence-corrected chi connectivity index (χ0v) is 28.7. The predicted octanol–water partition coefficient (Wildman–Crippen LogP) is 8.06. The maximum atomic E-state index is 13.8. The molecule has 7 nitrogen and oxygen atoms in total. The van der Waals surface area contributed by atoms with Gasteiger partial charge in [0.15, 0.2) is 0 Å². The number of hydrogen-bond donors (Lipinski definition) is 2. The molecule has 2 saturated carbocycles. The lowest BCUT2D eigenvalue weighted by molar-refractivity contribution is -0.193. The zero-order valence-electron chi connectivity index (χ0n) is 27.9. The van der Waals surface area contributed by atoms with E-state index in [0.717, 1.165) is 60.8 Å². The number of nitrogens with zero attached hydrogens (tertiary/aromatic N) is 2. The van der Waals surface area contributed by atoms with Crippen molar-refractivity contribution in [1.29, 1.82) is 0 Å². The normalized spacial score (nSPS) is 29.0. The zero-order chi connectivity index (χ0) is 32.4. The highest BCUT2D eigenvalue weighted by molar-refractivity contribution is 7.92. The lowest BCUT2D eigenvalue weighted by Crippen LogP contribution is -2.59. The molecule has 4 bridgehead atoms. The highest BCUT2D eigenvalue weighted by Gasteiger charge is 2.61. The van der Waals surface area contributed by atoms with Gasteiger partial charge in [0.1, 0.15) is 0 Å². The van der Waals surface area contributed by atoms with E-state index in [1.54, 1.807) is 6.07 Å². The van der Waals surface area contributed by atoms with E-state index in [9.17, 15) is 13.5 Å². The fraction of sp³-hybridized carbons (Fsp3) is 0.568. The van der Waals surface area contributed by atoms with E-state index in [1.807, 2.05) is 50.2 Å². The third-order valence-electron chi connectivity index (χ3n) is 10.1. The average Bonchev–Trinajstić information content (AvgIpc) is 2.88. The first-order valence-corrected chi connectivity index (χ1v) is 18.0. The quantitative estimate of drug-likeness (QED) is 0.295. The molecule has 6 rings (SSSR count). The van der Waals surface area contributed by atoms with Gasteiger partial charge in [0.2, 0.25) is 11.8 Å². The number of anilines is 1. The second kappa shape index (κ2) is 11.4. The van der Waals surface area contributed by atoms with Crippen LogP contribution in [0.1, 0.15) is 95.8 Å². The largest absolute Gasteiger partial charge is 0.477 e. The number of aromatic nitrogens is 2. The van der Waals surface area contributed by atoms with E-state index in [1.165, 1.54) is 0 Å². The van der Waals surface area contributed by atoms with Crippen LogP contribution in [0.5, 0.6) is 5.88 Å². The molecule has 2 N–H and O–H groups in total. The van der Waals surface area contributed by atoms with Gasteiger partial charge >= 0.3 is 0 Å². The van der Waals surface area contributed by atoms with Crippen LogP contribution in [0.2, 0.25) is 0 Å². The molecule has 0 saturated heterocycles. The molecule has 2 aromatic carbocycles. The van der Waals surface area contributed by atoms with Gasteiger partial charge in [-0.05, 0) is 110 Å². The Morgan fingerprint density at radius 1 is 1.02 bits per heavy atom. The standard InChI is InChI=1S/C37H49N3O4S/c1-23(2)16-37(41)21-36(22-37)18-27(19-36)33-26-12-9-13-29(14-26)45(42,43)40-34-38-30(32-24(3)10-8-11-25(32)4)15-31(39-34)44-20-28(33)17-35(5,6)7/h8-15,23,27-28,33,41H,16-22H2,1-7H3,(H,38,39,40)/t27-,28-,33?,36?,37-/m1/s1. The Kier molecular flexibility index (Phi) is 8.09. The van der Waals surface area contributed by atoms with Gasteiger partial charge in [-0.25, -0.2) is 18.1 Å². The number of aryl methyl sites for hydroxylation is 2. The van der Waals surface area contributed by atoms with Crippen LogP contribution in [-0.4, -0.2) is 35.7 Å². The van der Waals surface area contributed by atoms with Gasteiger partial charge < -0.3 is 9.84 Å². The van der Waals surface area contributed by atoms with E-state index in [0.29, 0.717) is 30.0 Å². The smallest absolute Gasteiger partial charge is 0.264 e. The van der Waals surface area contributed by atoms with Gasteiger partial charge in [0, 0.05) is 17.5 Å². The predicted molar refractivity (Wildman–Crippen MR) is 179 cm³/mol. The summed E-state index contributed by atoms with van der Waals surface area (Å²) >= 11 is 0. The van der Waals surface area contributed by atoms with Crippen LogP contribution in [0, 0.1) is 42.4 Å². The van der Waals surface area contributed by atoms with Crippen molar-refractivity contribution in [2.75, 3.05) is 11.3 Å².